The number of thiocarbonyl (C=S) groups is 1. The third-order valence-electron chi connectivity index (χ3n) is 7.26. The highest BCUT2D eigenvalue weighted by molar-refractivity contribution is 7.92. The number of aromatic nitrogens is 2. The number of hydrogen-bond acceptors (Lipinski definition) is 4. The summed E-state index contributed by atoms with van der Waals surface area (Å²) >= 11 is 5.90. The molecule has 2 unspecified atom stereocenters. The molecule has 0 amide bonds. The largest absolute Gasteiger partial charge is 0.351 e. The molecule has 9 heteroatoms. The Hall–Kier alpha value is -3.69. The zero-order valence-electron chi connectivity index (χ0n) is 22.8. The molecule has 1 fully saturated rings. The average Bonchev–Trinajstić information content (AvgIpc) is 3.39. The molecule has 0 bridgehead atoms. The molecule has 7 nitrogen and oxygen atoms in total. The van der Waals surface area contributed by atoms with Crippen LogP contribution < -0.4 is 14.9 Å². The highest BCUT2D eigenvalue weighted by Gasteiger charge is 2.42. The van der Waals surface area contributed by atoms with E-state index in [9.17, 15) is 8.42 Å². The fourth-order valence-electron chi connectivity index (χ4n) is 5.61. The predicted octanol–water partition coefficient (Wildman–Crippen LogP) is 5.91. The third-order valence-corrected chi connectivity index (χ3v) is 8.18. The Labute approximate surface area is 235 Å². The van der Waals surface area contributed by atoms with Crippen molar-refractivity contribution in [3.8, 4) is 5.69 Å². The monoisotopic (exact) mass is 559 g/mol. The van der Waals surface area contributed by atoms with E-state index in [4.69, 9.17) is 12.2 Å². The number of nitrogens with one attached hydrogen (secondary N) is 2. The maximum Gasteiger partial charge on any atom is 0.229 e. The van der Waals surface area contributed by atoms with Gasteiger partial charge in [-0.1, -0.05) is 31.2 Å². The van der Waals surface area contributed by atoms with E-state index >= 15 is 0 Å². The second-order valence-corrected chi connectivity index (χ2v) is 12.2. The van der Waals surface area contributed by atoms with Gasteiger partial charge < -0.3 is 14.8 Å². The number of sulfonamides is 1. The van der Waals surface area contributed by atoms with E-state index < -0.39 is 10.0 Å². The molecule has 2 atom stereocenters. The normalized spacial score (nSPS) is 17.4. The van der Waals surface area contributed by atoms with Gasteiger partial charge in [0.15, 0.2) is 5.11 Å². The van der Waals surface area contributed by atoms with Gasteiger partial charge in [-0.25, -0.2) is 8.42 Å². The lowest BCUT2D eigenvalue weighted by atomic mass is 9.96. The lowest BCUT2D eigenvalue weighted by Crippen LogP contribution is -2.29. The minimum atomic E-state index is -3.37. The van der Waals surface area contributed by atoms with Crippen molar-refractivity contribution in [1.29, 1.82) is 0 Å². The Bertz CT molecular complexity index is 1630. The SMILES string of the molecule is CCc1cccc(C)c1-n1c(C)cc(C2C(c3ccccn3)NC(=S)N2c2ccc(NS(C)(=O)=O)cc2)c1C. The van der Waals surface area contributed by atoms with E-state index in [1.807, 2.05) is 30.3 Å². The zero-order valence-corrected chi connectivity index (χ0v) is 24.4. The molecule has 4 aromatic rings. The van der Waals surface area contributed by atoms with Crippen LogP contribution in [-0.2, 0) is 16.4 Å². The molecular weight excluding hydrogens is 526 g/mol. The van der Waals surface area contributed by atoms with E-state index in [1.165, 1.54) is 16.8 Å². The van der Waals surface area contributed by atoms with Crippen molar-refractivity contribution in [2.24, 2.45) is 0 Å². The van der Waals surface area contributed by atoms with Gasteiger partial charge in [0.2, 0.25) is 10.0 Å². The first kappa shape index (κ1) is 26.9. The lowest BCUT2D eigenvalue weighted by Gasteiger charge is -2.28. The van der Waals surface area contributed by atoms with Gasteiger partial charge in [-0.15, -0.1) is 0 Å². The number of anilines is 2. The number of nitrogens with zero attached hydrogens (tertiary/aromatic N) is 3. The highest BCUT2D eigenvalue weighted by atomic mass is 32.2. The van der Waals surface area contributed by atoms with Crippen molar-refractivity contribution < 1.29 is 8.42 Å². The number of aryl methyl sites for hydroxylation is 3. The molecular formula is C30H33N5O2S2. The van der Waals surface area contributed by atoms with E-state index in [-0.39, 0.29) is 12.1 Å². The van der Waals surface area contributed by atoms with Crippen LogP contribution in [-0.4, -0.2) is 29.3 Å². The quantitative estimate of drug-likeness (QED) is 0.274. The van der Waals surface area contributed by atoms with E-state index in [2.05, 4.69) is 76.5 Å². The van der Waals surface area contributed by atoms with Gasteiger partial charge >= 0.3 is 0 Å². The van der Waals surface area contributed by atoms with E-state index in [1.54, 1.807) is 18.3 Å². The van der Waals surface area contributed by atoms with Crippen LogP contribution in [0.3, 0.4) is 0 Å². The van der Waals surface area contributed by atoms with Crippen molar-refractivity contribution in [3.63, 3.8) is 0 Å². The Morgan fingerprint density at radius 3 is 2.41 bits per heavy atom. The summed E-state index contributed by atoms with van der Waals surface area (Å²) in [6, 6.07) is 21.6. The van der Waals surface area contributed by atoms with Crippen molar-refractivity contribution in [1.82, 2.24) is 14.9 Å². The molecule has 0 saturated carbocycles. The maximum absolute atomic E-state index is 11.7. The second kappa shape index (κ2) is 10.5. The van der Waals surface area contributed by atoms with Crippen LogP contribution in [0.5, 0.6) is 0 Å². The van der Waals surface area contributed by atoms with Crippen molar-refractivity contribution >= 4 is 38.7 Å². The molecule has 1 saturated heterocycles. The standard InChI is InChI=1S/C30H33N5O2S2/c1-6-22-11-9-10-19(2)28(22)34-20(3)18-25(21(34)4)29-27(26-12-7-8-17-31-26)32-30(38)35(29)24-15-13-23(14-16-24)33-39(5,36)37/h7-18,27,29,33H,6H2,1-5H3,(H,32,38). The Balaban J connectivity index is 1.66. The molecule has 2 aromatic carbocycles. The molecule has 3 heterocycles. The minimum Gasteiger partial charge on any atom is -0.351 e. The summed E-state index contributed by atoms with van der Waals surface area (Å²) < 4.78 is 28.3. The van der Waals surface area contributed by atoms with Gasteiger partial charge in [0, 0.05) is 29.0 Å². The molecule has 2 N–H and O–H groups in total. The molecule has 1 aliphatic heterocycles. The summed E-state index contributed by atoms with van der Waals surface area (Å²) in [5.41, 5.74) is 9.48. The van der Waals surface area contributed by atoms with Gasteiger partial charge in [0.25, 0.3) is 0 Å². The summed E-state index contributed by atoms with van der Waals surface area (Å²) in [5, 5.41) is 4.12. The summed E-state index contributed by atoms with van der Waals surface area (Å²) in [7, 11) is -3.37. The first-order chi connectivity index (χ1) is 18.6. The van der Waals surface area contributed by atoms with Crippen LogP contribution in [0.1, 0.15) is 52.8 Å². The number of rotatable bonds is 7. The number of pyridine rings is 1. The molecule has 0 aliphatic carbocycles. The second-order valence-electron chi connectivity index (χ2n) is 10.0. The zero-order chi connectivity index (χ0) is 27.9. The Kier molecular flexibility index (Phi) is 7.22. The highest BCUT2D eigenvalue weighted by Crippen LogP contribution is 2.44. The predicted molar refractivity (Wildman–Crippen MR) is 162 cm³/mol. The molecule has 202 valence electrons. The topological polar surface area (TPSA) is 79.3 Å². The van der Waals surface area contributed by atoms with Crippen molar-refractivity contribution in [2.45, 2.75) is 46.2 Å². The van der Waals surface area contributed by atoms with Gasteiger partial charge in [0.1, 0.15) is 0 Å². The van der Waals surface area contributed by atoms with Crippen molar-refractivity contribution in [3.05, 3.63) is 107 Å². The fraction of sp³-hybridized carbons (Fsp3) is 0.267. The molecule has 5 rings (SSSR count). The van der Waals surface area contributed by atoms with Crippen LogP contribution in [0, 0.1) is 20.8 Å². The Morgan fingerprint density at radius 2 is 1.77 bits per heavy atom. The number of hydrogen-bond donors (Lipinski definition) is 2. The van der Waals surface area contributed by atoms with Crippen LogP contribution in [0.25, 0.3) is 5.69 Å². The van der Waals surface area contributed by atoms with Gasteiger partial charge in [0.05, 0.1) is 29.7 Å². The molecule has 0 spiro atoms. The van der Waals surface area contributed by atoms with Crippen LogP contribution in [0.2, 0.25) is 0 Å². The van der Waals surface area contributed by atoms with Crippen molar-refractivity contribution in [2.75, 3.05) is 15.9 Å². The molecule has 0 radical (unpaired) electrons. The smallest absolute Gasteiger partial charge is 0.229 e. The first-order valence-corrected chi connectivity index (χ1v) is 15.2. The summed E-state index contributed by atoms with van der Waals surface area (Å²) in [6.07, 6.45) is 3.88. The summed E-state index contributed by atoms with van der Waals surface area (Å²) in [5.74, 6) is 0. The fourth-order valence-corrected chi connectivity index (χ4v) is 6.52. The molecule has 39 heavy (non-hydrogen) atoms. The molecule has 1 aliphatic rings. The van der Waals surface area contributed by atoms with E-state index in [0.717, 1.165) is 41.0 Å². The summed E-state index contributed by atoms with van der Waals surface area (Å²) in [4.78, 5) is 6.79. The van der Waals surface area contributed by atoms with Crippen LogP contribution in [0.15, 0.2) is 72.9 Å². The molecule has 2 aromatic heterocycles. The minimum absolute atomic E-state index is 0.171. The van der Waals surface area contributed by atoms with E-state index in [0.29, 0.717) is 10.8 Å². The van der Waals surface area contributed by atoms with Gasteiger partial charge in [-0.3, -0.25) is 9.71 Å². The number of para-hydroxylation sites is 1. The first-order valence-electron chi connectivity index (χ1n) is 12.9. The number of benzene rings is 2. The van der Waals surface area contributed by atoms with Gasteiger partial charge in [-0.05, 0) is 98.6 Å². The van der Waals surface area contributed by atoms with Crippen LogP contribution >= 0.6 is 12.2 Å². The lowest BCUT2D eigenvalue weighted by molar-refractivity contribution is 0.565. The third kappa shape index (κ3) is 5.16. The summed E-state index contributed by atoms with van der Waals surface area (Å²) in [6.45, 7) is 8.67. The Morgan fingerprint density at radius 1 is 1.03 bits per heavy atom. The average molecular weight is 560 g/mol. The maximum atomic E-state index is 11.7. The van der Waals surface area contributed by atoms with Gasteiger partial charge in [-0.2, -0.15) is 0 Å². The van der Waals surface area contributed by atoms with Crippen LogP contribution in [0.4, 0.5) is 11.4 Å².